The van der Waals surface area contributed by atoms with Gasteiger partial charge in [-0.2, -0.15) is 4.39 Å². The normalized spacial score (nSPS) is 12.4. The van der Waals surface area contributed by atoms with Crippen molar-refractivity contribution in [3.05, 3.63) is 47.8 Å². The minimum absolute atomic E-state index is 0.0389. The number of nitrogens with zero attached hydrogens (tertiary/aromatic N) is 1. The molecule has 84 valence electrons. The van der Waals surface area contributed by atoms with Gasteiger partial charge in [-0.3, -0.25) is 0 Å². The van der Waals surface area contributed by atoms with Gasteiger partial charge in [0.1, 0.15) is 17.3 Å². The molecule has 0 radical (unpaired) electrons. The van der Waals surface area contributed by atoms with Crippen LogP contribution in [0.25, 0.3) is 0 Å². The van der Waals surface area contributed by atoms with Gasteiger partial charge >= 0.3 is 0 Å². The Hall–Kier alpha value is -1.84. The van der Waals surface area contributed by atoms with E-state index in [4.69, 9.17) is 4.42 Å². The maximum Gasteiger partial charge on any atom is 0.214 e. The van der Waals surface area contributed by atoms with Gasteiger partial charge in [0.15, 0.2) is 0 Å². The zero-order chi connectivity index (χ0) is 11.5. The number of rotatable bonds is 3. The molecular formula is C12H13FN2O. The molecule has 0 saturated heterocycles. The van der Waals surface area contributed by atoms with Crippen LogP contribution in [0.1, 0.15) is 24.5 Å². The fraction of sp³-hybridized carbons (Fsp3) is 0.250. The molecule has 1 unspecified atom stereocenters. The fourth-order valence-corrected chi connectivity index (χ4v) is 1.47. The fourth-order valence-electron chi connectivity index (χ4n) is 1.47. The summed E-state index contributed by atoms with van der Waals surface area (Å²) in [4.78, 5) is 3.73. The average molecular weight is 220 g/mol. The number of hydrogen-bond acceptors (Lipinski definition) is 3. The second-order valence-electron chi connectivity index (χ2n) is 3.66. The van der Waals surface area contributed by atoms with Crippen molar-refractivity contribution < 1.29 is 8.81 Å². The second kappa shape index (κ2) is 4.35. The molecule has 0 bridgehead atoms. The van der Waals surface area contributed by atoms with E-state index >= 15 is 0 Å². The van der Waals surface area contributed by atoms with Gasteiger partial charge in [0.25, 0.3) is 0 Å². The lowest BCUT2D eigenvalue weighted by Gasteiger charge is -2.11. The zero-order valence-corrected chi connectivity index (χ0v) is 9.20. The van der Waals surface area contributed by atoms with Crippen molar-refractivity contribution in [3.63, 3.8) is 0 Å². The van der Waals surface area contributed by atoms with Crippen LogP contribution in [0.5, 0.6) is 0 Å². The minimum atomic E-state index is -0.493. The maximum atomic E-state index is 12.8. The van der Waals surface area contributed by atoms with E-state index in [2.05, 4.69) is 10.3 Å². The lowest BCUT2D eigenvalue weighted by molar-refractivity contribution is 0.466. The third-order valence-corrected chi connectivity index (χ3v) is 2.27. The van der Waals surface area contributed by atoms with Gasteiger partial charge in [-0.1, -0.05) is 6.07 Å². The molecule has 0 spiro atoms. The van der Waals surface area contributed by atoms with Gasteiger partial charge in [0.05, 0.1) is 6.04 Å². The molecule has 0 saturated carbocycles. The number of anilines is 1. The Kier molecular flexibility index (Phi) is 2.90. The molecule has 0 amide bonds. The van der Waals surface area contributed by atoms with E-state index in [0.29, 0.717) is 5.82 Å². The molecule has 2 aromatic heterocycles. The predicted octanol–water partition coefficient (Wildman–Crippen LogP) is 3.30. The Morgan fingerprint density at radius 3 is 2.75 bits per heavy atom. The first kappa shape index (κ1) is 10.7. The van der Waals surface area contributed by atoms with E-state index in [-0.39, 0.29) is 6.04 Å². The molecule has 0 aliphatic heterocycles. The smallest absolute Gasteiger partial charge is 0.214 e. The highest BCUT2D eigenvalue weighted by Gasteiger charge is 2.09. The number of aryl methyl sites for hydroxylation is 1. The van der Waals surface area contributed by atoms with Gasteiger partial charge in [-0.25, -0.2) is 4.98 Å². The molecule has 1 atom stereocenters. The molecule has 3 nitrogen and oxygen atoms in total. The molecule has 16 heavy (non-hydrogen) atoms. The summed E-state index contributed by atoms with van der Waals surface area (Å²) in [5.74, 6) is 1.67. The largest absolute Gasteiger partial charge is 0.464 e. The van der Waals surface area contributed by atoms with Crippen LogP contribution in [0.2, 0.25) is 0 Å². The average Bonchev–Trinajstić information content (AvgIpc) is 2.65. The van der Waals surface area contributed by atoms with Crippen LogP contribution in [-0.2, 0) is 0 Å². The number of furan rings is 1. The van der Waals surface area contributed by atoms with Crippen molar-refractivity contribution in [1.82, 2.24) is 4.98 Å². The SMILES string of the molecule is Cc1ccc(C(C)Nc2cccc(F)n2)o1. The lowest BCUT2D eigenvalue weighted by Crippen LogP contribution is -2.07. The van der Waals surface area contributed by atoms with Gasteiger partial charge in [-0.05, 0) is 38.1 Å². The standard InChI is InChI=1S/C12H13FN2O/c1-8-6-7-10(16-8)9(2)14-12-5-3-4-11(13)15-12/h3-7,9H,1-2H3,(H,14,15). The van der Waals surface area contributed by atoms with E-state index in [1.54, 1.807) is 12.1 Å². The van der Waals surface area contributed by atoms with Crippen LogP contribution in [0.15, 0.2) is 34.7 Å². The number of hydrogen-bond donors (Lipinski definition) is 1. The maximum absolute atomic E-state index is 12.8. The van der Waals surface area contributed by atoms with E-state index < -0.39 is 5.95 Å². The topological polar surface area (TPSA) is 38.1 Å². The van der Waals surface area contributed by atoms with Crippen LogP contribution in [0.3, 0.4) is 0 Å². The predicted molar refractivity (Wildman–Crippen MR) is 59.7 cm³/mol. The molecule has 4 heteroatoms. The number of nitrogens with one attached hydrogen (secondary N) is 1. The third-order valence-electron chi connectivity index (χ3n) is 2.27. The summed E-state index contributed by atoms with van der Waals surface area (Å²) in [6, 6.07) is 8.40. The first-order valence-electron chi connectivity index (χ1n) is 5.10. The molecule has 0 aliphatic rings. The van der Waals surface area contributed by atoms with Crippen molar-refractivity contribution in [2.75, 3.05) is 5.32 Å². The van der Waals surface area contributed by atoms with Gasteiger partial charge in [0, 0.05) is 0 Å². The minimum Gasteiger partial charge on any atom is -0.464 e. The Morgan fingerprint density at radius 1 is 1.31 bits per heavy atom. The first-order chi connectivity index (χ1) is 7.65. The molecule has 0 aliphatic carbocycles. The van der Waals surface area contributed by atoms with E-state index in [1.165, 1.54) is 6.07 Å². The molecule has 0 aromatic carbocycles. The Balaban J connectivity index is 2.10. The first-order valence-corrected chi connectivity index (χ1v) is 5.10. The van der Waals surface area contributed by atoms with Gasteiger partial charge in [-0.15, -0.1) is 0 Å². The molecule has 2 rings (SSSR count). The van der Waals surface area contributed by atoms with E-state index in [9.17, 15) is 4.39 Å². The highest BCUT2D eigenvalue weighted by molar-refractivity contribution is 5.36. The van der Waals surface area contributed by atoms with Crippen molar-refractivity contribution >= 4 is 5.82 Å². The molecular weight excluding hydrogens is 207 g/mol. The number of pyridine rings is 1. The van der Waals surface area contributed by atoms with Crippen molar-refractivity contribution in [2.24, 2.45) is 0 Å². The Labute approximate surface area is 93.3 Å². The summed E-state index contributed by atoms with van der Waals surface area (Å²) in [6.45, 7) is 3.82. The van der Waals surface area contributed by atoms with Crippen LogP contribution in [0, 0.1) is 12.9 Å². The van der Waals surface area contributed by atoms with Crippen LogP contribution >= 0.6 is 0 Å². The van der Waals surface area contributed by atoms with Crippen molar-refractivity contribution in [1.29, 1.82) is 0 Å². The lowest BCUT2D eigenvalue weighted by atomic mass is 10.2. The summed E-state index contributed by atoms with van der Waals surface area (Å²) >= 11 is 0. The van der Waals surface area contributed by atoms with E-state index in [0.717, 1.165) is 11.5 Å². The monoisotopic (exact) mass is 220 g/mol. The van der Waals surface area contributed by atoms with Crippen LogP contribution in [-0.4, -0.2) is 4.98 Å². The highest BCUT2D eigenvalue weighted by atomic mass is 19.1. The Bertz CT molecular complexity index is 481. The van der Waals surface area contributed by atoms with Crippen LogP contribution in [0.4, 0.5) is 10.2 Å². The molecule has 1 N–H and O–H groups in total. The van der Waals surface area contributed by atoms with E-state index in [1.807, 2.05) is 26.0 Å². The summed E-state index contributed by atoms with van der Waals surface area (Å²) in [5.41, 5.74) is 0. The highest BCUT2D eigenvalue weighted by Crippen LogP contribution is 2.19. The summed E-state index contributed by atoms with van der Waals surface area (Å²) in [6.07, 6.45) is 0. The summed E-state index contributed by atoms with van der Waals surface area (Å²) < 4.78 is 18.3. The summed E-state index contributed by atoms with van der Waals surface area (Å²) in [7, 11) is 0. The van der Waals surface area contributed by atoms with Crippen molar-refractivity contribution in [2.45, 2.75) is 19.9 Å². The number of aromatic nitrogens is 1. The molecule has 2 heterocycles. The van der Waals surface area contributed by atoms with Crippen LogP contribution < -0.4 is 5.32 Å². The quantitative estimate of drug-likeness (QED) is 0.806. The molecule has 0 fully saturated rings. The van der Waals surface area contributed by atoms with Gasteiger partial charge in [0.2, 0.25) is 5.95 Å². The zero-order valence-electron chi connectivity index (χ0n) is 9.20. The molecule has 2 aromatic rings. The van der Waals surface area contributed by atoms with Crippen molar-refractivity contribution in [3.8, 4) is 0 Å². The Morgan fingerprint density at radius 2 is 2.12 bits per heavy atom. The number of halogens is 1. The summed E-state index contributed by atoms with van der Waals surface area (Å²) in [5, 5.41) is 3.07. The second-order valence-corrected chi connectivity index (χ2v) is 3.66. The third kappa shape index (κ3) is 2.39. The van der Waals surface area contributed by atoms with Gasteiger partial charge < -0.3 is 9.73 Å².